The van der Waals surface area contributed by atoms with Gasteiger partial charge in [-0.15, -0.1) is 11.3 Å². The summed E-state index contributed by atoms with van der Waals surface area (Å²) < 4.78 is 0. The minimum Gasteiger partial charge on any atom is -0.315 e. The zero-order valence-electron chi connectivity index (χ0n) is 11.0. The second-order valence-corrected chi connectivity index (χ2v) is 6.73. The zero-order chi connectivity index (χ0) is 12.2. The molecule has 2 aliphatic rings. The van der Waals surface area contributed by atoms with Crippen LogP contribution in [0.15, 0.2) is 17.5 Å². The lowest BCUT2D eigenvalue weighted by Crippen LogP contribution is -2.45. The van der Waals surface area contributed by atoms with Crippen LogP contribution in [0.2, 0.25) is 0 Å². The monoisotopic (exact) mass is 264 g/mol. The first kappa shape index (κ1) is 12.6. The van der Waals surface area contributed by atoms with Gasteiger partial charge in [0, 0.05) is 23.5 Å². The second kappa shape index (κ2) is 6.18. The number of piperidine rings is 1. The van der Waals surface area contributed by atoms with Gasteiger partial charge in [0.2, 0.25) is 0 Å². The highest BCUT2D eigenvalue weighted by molar-refractivity contribution is 7.10. The van der Waals surface area contributed by atoms with E-state index in [0.29, 0.717) is 12.1 Å². The summed E-state index contributed by atoms with van der Waals surface area (Å²) >= 11 is 1.92. The van der Waals surface area contributed by atoms with Crippen LogP contribution in [0, 0.1) is 5.92 Å². The van der Waals surface area contributed by atoms with Gasteiger partial charge in [0.25, 0.3) is 0 Å². The summed E-state index contributed by atoms with van der Waals surface area (Å²) in [6.07, 6.45) is 8.33. The molecule has 1 aromatic rings. The molecule has 0 radical (unpaired) electrons. The molecular formula is C15H24N2S. The highest BCUT2D eigenvalue weighted by Gasteiger charge is 2.29. The summed E-state index contributed by atoms with van der Waals surface area (Å²) in [6, 6.07) is 5.79. The molecule has 18 heavy (non-hydrogen) atoms. The van der Waals surface area contributed by atoms with Gasteiger partial charge in [0.1, 0.15) is 0 Å². The van der Waals surface area contributed by atoms with Crippen LogP contribution in [0.1, 0.15) is 49.4 Å². The highest BCUT2D eigenvalue weighted by Crippen LogP contribution is 2.37. The van der Waals surface area contributed by atoms with Crippen molar-refractivity contribution in [1.82, 2.24) is 10.6 Å². The van der Waals surface area contributed by atoms with Crippen molar-refractivity contribution in [2.45, 2.75) is 50.6 Å². The molecule has 2 heterocycles. The van der Waals surface area contributed by atoms with E-state index in [0.717, 1.165) is 12.5 Å². The molecule has 2 N–H and O–H groups in total. The molecule has 3 heteroatoms. The molecule has 1 aliphatic heterocycles. The van der Waals surface area contributed by atoms with E-state index in [9.17, 15) is 0 Å². The van der Waals surface area contributed by atoms with Crippen LogP contribution >= 0.6 is 11.3 Å². The molecule has 0 bridgehead atoms. The second-order valence-electron chi connectivity index (χ2n) is 5.75. The Morgan fingerprint density at radius 2 is 2.11 bits per heavy atom. The van der Waals surface area contributed by atoms with E-state index in [1.165, 1.54) is 45.1 Å². The number of nitrogens with one attached hydrogen (secondary N) is 2. The van der Waals surface area contributed by atoms with Crippen LogP contribution in [0.5, 0.6) is 0 Å². The first-order valence-corrected chi connectivity index (χ1v) is 8.31. The summed E-state index contributed by atoms with van der Waals surface area (Å²) in [7, 11) is 0. The molecule has 2 atom stereocenters. The summed E-state index contributed by atoms with van der Waals surface area (Å²) in [5, 5.41) is 9.69. The Kier molecular flexibility index (Phi) is 4.34. The highest BCUT2D eigenvalue weighted by atomic mass is 32.1. The fourth-order valence-corrected chi connectivity index (χ4v) is 4.34. The van der Waals surface area contributed by atoms with Crippen molar-refractivity contribution in [3.63, 3.8) is 0 Å². The average molecular weight is 264 g/mol. The molecule has 2 nitrogen and oxygen atoms in total. The summed E-state index contributed by atoms with van der Waals surface area (Å²) in [5.41, 5.74) is 0. The van der Waals surface area contributed by atoms with Gasteiger partial charge in [0.15, 0.2) is 0 Å². The lowest BCUT2D eigenvalue weighted by molar-refractivity contribution is 0.295. The molecule has 1 aromatic heterocycles. The zero-order valence-corrected chi connectivity index (χ0v) is 11.8. The quantitative estimate of drug-likeness (QED) is 0.872. The molecule has 2 fully saturated rings. The molecule has 100 valence electrons. The minimum atomic E-state index is 0.609. The Morgan fingerprint density at radius 3 is 2.78 bits per heavy atom. The molecular weight excluding hydrogens is 240 g/mol. The summed E-state index contributed by atoms with van der Waals surface area (Å²) in [6.45, 7) is 2.35. The number of thiophene rings is 1. The van der Waals surface area contributed by atoms with Crippen LogP contribution < -0.4 is 10.6 Å². The maximum atomic E-state index is 3.95. The van der Waals surface area contributed by atoms with Gasteiger partial charge < -0.3 is 10.6 Å². The normalized spacial score (nSPS) is 27.4. The van der Waals surface area contributed by atoms with Crippen molar-refractivity contribution in [2.24, 2.45) is 5.92 Å². The maximum absolute atomic E-state index is 3.95. The van der Waals surface area contributed by atoms with Crippen molar-refractivity contribution >= 4 is 11.3 Å². The first-order valence-electron chi connectivity index (χ1n) is 7.43. The molecule has 2 unspecified atom stereocenters. The topological polar surface area (TPSA) is 24.1 Å². The van der Waals surface area contributed by atoms with Crippen LogP contribution in [-0.2, 0) is 0 Å². The molecule has 0 aromatic carbocycles. The Hall–Kier alpha value is -0.380. The van der Waals surface area contributed by atoms with E-state index in [1.54, 1.807) is 4.88 Å². The predicted octanol–water partition coefficient (Wildman–Crippen LogP) is 3.32. The van der Waals surface area contributed by atoms with Crippen molar-refractivity contribution in [3.05, 3.63) is 22.4 Å². The maximum Gasteiger partial charge on any atom is 0.0445 e. The lowest BCUT2D eigenvalue weighted by Gasteiger charge is -2.31. The molecule has 0 amide bonds. The third-order valence-corrected chi connectivity index (χ3v) is 5.39. The molecule has 1 aliphatic carbocycles. The predicted molar refractivity (Wildman–Crippen MR) is 78.0 cm³/mol. The first-order chi connectivity index (χ1) is 8.93. The van der Waals surface area contributed by atoms with Gasteiger partial charge in [-0.3, -0.25) is 0 Å². The van der Waals surface area contributed by atoms with Crippen molar-refractivity contribution in [1.29, 1.82) is 0 Å². The molecule has 0 spiro atoms. The van der Waals surface area contributed by atoms with Gasteiger partial charge in [-0.25, -0.2) is 0 Å². The standard InChI is InChI=1S/C15H24N2S/c1-2-6-12(5-1)15(14-8-4-10-18-14)17-13-7-3-9-16-11-13/h4,8,10,12-13,15-17H,1-3,5-7,9,11H2. The van der Waals surface area contributed by atoms with E-state index < -0.39 is 0 Å². The Morgan fingerprint density at radius 1 is 1.22 bits per heavy atom. The van der Waals surface area contributed by atoms with Crippen LogP contribution in [-0.4, -0.2) is 19.1 Å². The van der Waals surface area contributed by atoms with Gasteiger partial charge in [-0.2, -0.15) is 0 Å². The Balaban J connectivity index is 1.68. The number of hydrogen-bond donors (Lipinski definition) is 2. The van der Waals surface area contributed by atoms with Gasteiger partial charge in [-0.05, 0) is 49.6 Å². The van der Waals surface area contributed by atoms with E-state index in [4.69, 9.17) is 0 Å². The summed E-state index contributed by atoms with van der Waals surface area (Å²) in [4.78, 5) is 1.55. The summed E-state index contributed by atoms with van der Waals surface area (Å²) in [5.74, 6) is 0.866. The third kappa shape index (κ3) is 2.95. The van der Waals surface area contributed by atoms with Crippen LogP contribution in [0.25, 0.3) is 0 Å². The van der Waals surface area contributed by atoms with Crippen molar-refractivity contribution < 1.29 is 0 Å². The molecule has 1 saturated carbocycles. The van der Waals surface area contributed by atoms with Gasteiger partial charge in [0.05, 0.1) is 0 Å². The number of hydrogen-bond acceptors (Lipinski definition) is 3. The fraction of sp³-hybridized carbons (Fsp3) is 0.733. The SMILES string of the molecule is c1csc(C(NC2CCCNC2)C2CCCC2)c1. The van der Waals surface area contributed by atoms with E-state index >= 15 is 0 Å². The van der Waals surface area contributed by atoms with E-state index in [-0.39, 0.29) is 0 Å². The smallest absolute Gasteiger partial charge is 0.0445 e. The van der Waals surface area contributed by atoms with Crippen LogP contribution in [0.3, 0.4) is 0 Å². The molecule has 3 rings (SSSR count). The van der Waals surface area contributed by atoms with E-state index in [2.05, 4.69) is 28.1 Å². The third-order valence-electron chi connectivity index (χ3n) is 4.43. The van der Waals surface area contributed by atoms with Gasteiger partial charge in [-0.1, -0.05) is 18.9 Å². The largest absolute Gasteiger partial charge is 0.315 e. The molecule has 1 saturated heterocycles. The van der Waals surface area contributed by atoms with E-state index in [1.807, 2.05) is 11.3 Å². The Labute approximate surface area is 114 Å². The van der Waals surface area contributed by atoms with Crippen molar-refractivity contribution in [2.75, 3.05) is 13.1 Å². The van der Waals surface area contributed by atoms with Crippen molar-refractivity contribution in [3.8, 4) is 0 Å². The average Bonchev–Trinajstić information content (AvgIpc) is 3.11. The number of rotatable bonds is 4. The minimum absolute atomic E-state index is 0.609. The Bertz CT molecular complexity index is 337. The fourth-order valence-electron chi connectivity index (χ4n) is 3.46. The lowest BCUT2D eigenvalue weighted by atomic mass is 9.94. The van der Waals surface area contributed by atoms with Gasteiger partial charge >= 0.3 is 0 Å². The van der Waals surface area contributed by atoms with Crippen LogP contribution in [0.4, 0.5) is 0 Å².